The lowest BCUT2D eigenvalue weighted by molar-refractivity contribution is 0.635. The van der Waals surface area contributed by atoms with Crippen molar-refractivity contribution in [3.63, 3.8) is 0 Å². The first-order valence-corrected chi connectivity index (χ1v) is 7.64. The molecule has 0 bridgehead atoms. The quantitative estimate of drug-likeness (QED) is 0.905. The molecule has 2 heterocycles. The first-order chi connectivity index (χ1) is 8.62. The second-order valence-corrected chi connectivity index (χ2v) is 7.10. The van der Waals surface area contributed by atoms with E-state index in [1.807, 2.05) is 12.3 Å². The lowest BCUT2D eigenvalue weighted by Gasteiger charge is -2.39. The molecule has 1 aliphatic rings. The summed E-state index contributed by atoms with van der Waals surface area (Å²) in [5.74, 6) is 2.34. The molecule has 0 unspecified atom stereocenters. The van der Waals surface area contributed by atoms with Gasteiger partial charge in [0.1, 0.15) is 5.82 Å². The van der Waals surface area contributed by atoms with Crippen LogP contribution in [0.4, 0.5) is 5.82 Å². The second-order valence-electron chi connectivity index (χ2n) is 5.30. The molecule has 100 valence electrons. The zero-order valence-electron chi connectivity index (χ0n) is 11.6. The van der Waals surface area contributed by atoms with Gasteiger partial charge in [-0.3, -0.25) is 0 Å². The Hall–Kier alpha value is -0.740. The average molecular weight is 265 g/mol. The van der Waals surface area contributed by atoms with Crippen LogP contribution in [0.2, 0.25) is 0 Å². The number of hydrogen-bond acceptors (Lipinski definition) is 4. The van der Waals surface area contributed by atoms with Crippen LogP contribution in [0.25, 0.3) is 0 Å². The van der Waals surface area contributed by atoms with Gasteiger partial charge in [-0.05, 0) is 26.5 Å². The van der Waals surface area contributed by atoms with E-state index >= 15 is 0 Å². The van der Waals surface area contributed by atoms with E-state index in [0.717, 1.165) is 32.0 Å². The zero-order chi connectivity index (χ0) is 13.0. The molecule has 0 spiro atoms. The van der Waals surface area contributed by atoms with E-state index in [9.17, 15) is 0 Å². The number of nitrogens with zero attached hydrogens (tertiary/aromatic N) is 2. The number of rotatable bonds is 4. The van der Waals surface area contributed by atoms with Gasteiger partial charge < -0.3 is 10.2 Å². The third-order valence-electron chi connectivity index (χ3n) is 3.16. The predicted octanol–water partition coefficient (Wildman–Crippen LogP) is 2.52. The summed E-state index contributed by atoms with van der Waals surface area (Å²) in [4.78, 5) is 7.03. The summed E-state index contributed by atoms with van der Waals surface area (Å²) in [6, 6.07) is 4.21. The largest absolute Gasteiger partial charge is 0.354 e. The summed E-state index contributed by atoms with van der Waals surface area (Å²) in [7, 11) is 0. The van der Waals surface area contributed by atoms with Gasteiger partial charge in [0.15, 0.2) is 0 Å². The first kappa shape index (κ1) is 13.7. The highest BCUT2D eigenvalue weighted by Gasteiger charge is 2.28. The molecule has 1 aromatic rings. The van der Waals surface area contributed by atoms with Crippen molar-refractivity contribution >= 4 is 17.6 Å². The summed E-state index contributed by atoms with van der Waals surface area (Å²) < 4.78 is 0.325. The van der Waals surface area contributed by atoms with Gasteiger partial charge in [0.25, 0.3) is 0 Å². The van der Waals surface area contributed by atoms with Crippen molar-refractivity contribution in [1.82, 2.24) is 10.3 Å². The minimum atomic E-state index is 0.325. The molecule has 3 nitrogen and oxygen atoms in total. The number of aromatic nitrogens is 1. The van der Waals surface area contributed by atoms with Crippen LogP contribution >= 0.6 is 11.8 Å². The number of thioether (sulfide) groups is 1. The first-order valence-electron chi connectivity index (χ1n) is 6.66. The lowest BCUT2D eigenvalue weighted by atomic mass is 10.1. The van der Waals surface area contributed by atoms with Gasteiger partial charge in [-0.1, -0.05) is 13.0 Å². The Morgan fingerprint density at radius 2 is 2.33 bits per heavy atom. The van der Waals surface area contributed by atoms with Crippen molar-refractivity contribution in [2.45, 2.75) is 32.1 Å². The van der Waals surface area contributed by atoms with Gasteiger partial charge >= 0.3 is 0 Å². The van der Waals surface area contributed by atoms with Crippen LogP contribution < -0.4 is 10.2 Å². The van der Waals surface area contributed by atoms with Crippen LogP contribution in [-0.4, -0.2) is 35.1 Å². The number of anilines is 1. The van der Waals surface area contributed by atoms with E-state index in [4.69, 9.17) is 0 Å². The molecule has 4 heteroatoms. The van der Waals surface area contributed by atoms with E-state index in [-0.39, 0.29) is 0 Å². The molecule has 0 saturated carbocycles. The Morgan fingerprint density at radius 1 is 1.50 bits per heavy atom. The molecule has 0 aromatic carbocycles. The standard InChI is InChI=1S/C14H23N3S/c1-4-15-10-12-6-5-7-16-13(12)17-8-9-18-14(2,3)11-17/h5-7,15H,4,8-11H2,1-3H3. The monoisotopic (exact) mass is 265 g/mol. The highest BCUT2D eigenvalue weighted by Crippen LogP contribution is 2.32. The van der Waals surface area contributed by atoms with Gasteiger partial charge in [-0.25, -0.2) is 4.98 Å². The molecule has 1 saturated heterocycles. The molecular weight excluding hydrogens is 242 g/mol. The van der Waals surface area contributed by atoms with Crippen molar-refractivity contribution in [2.75, 3.05) is 30.3 Å². The summed E-state index contributed by atoms with van der Waals surface area (Å²) in [5.41, 5.74) is 1.31. The molecule has 1 aliphatic heterocycles. The molecule has 1 aromatic heterocycles. The van der Waals surface area contributed by atoms with Gasteiger partial charge in [-0.2, -0.15) is 11.8 Å². The topological polar surface area (TPSA) is 28.2 Å². The zero-order valence-corrected chi connectivity index (χ0v) is 12.4. The Balaban J connectivity index is 2.16. The van der Waals surface area contributed by atoms with Crippen LogP contribution in [0.1, 0.15) is 26.3 Å². The maximum Gasteiger partial charge on any atom is 0.133 e. The van der Waals surface area contributed by atoms with Crippen LogP contribution in [0.3, 0.4) is 0 Å². The minimum Gasteiger partial charge on any atom is -0.354 e. The SMILES string of the molecule is CCNCc1cccnc1N1CCSC(C)(C)C1. The third kappa shape index (κ3) is 3.39. The molecule has 18 heavy (non-hydrogen) atoms. The van der Waals surface area contributed by atoms with Crippen molar-refractivity contribution < 1.29 is 0 Å². The molecule has 0 radical (unpaired) electrons. The van der Waals surface area contributed by atoms with E-state index in [1.54, 1.807) is 0 Å². The van der Waals surface area contributed by atoms with Crippen molar-refractivity contribution in [1.29, 1.82) is 0 Å². The summed E-state index contributed by atoms with van der Waals surface area (Å²) in [6.45, 7) is 10.8. The Labute approximate surface area is 114 Å². The van der Waals surface area contributed by atoms with Crippen molar-refractivity contribution in [3.8, 4) is 0 Å². The van der Waals surface area contributed by atoms with Crippen LogP contribution in [0.15, 0.2) is 18.3 Å². The highest BCUT2D eigenvalue weighted by atomic mass is 32.2. The Bertz CT molecular complexity index is 392. The van der Waals surface area contributed by atoms with E-state index in [1.165, 1.54) is 11.3 Å². The maximum absolute atomic E-state index is 4.60. The smallest absolute Gasteiger partial charge is 0.133 e. The Kier molecular flexibility index (Phi) is 4.51. The molecule has 0 atom stereocenters. The highest BCUT2D eigenvalue weighted by molar-refractivity contribution is 8.00. The van der Waals surface area contributed by atoms with Crippen LogP contribution in [0, 0.1) is 0 Å². The molecule has 0 aliphatic carbocycles. The van der Waals surface area contributed by atoms with Gasteiger partial charge in [0.05, 0.1) is 0 Å². The number of hydrogen-bond donors (Lipinski definition) is 1. The van der Waals surface area contributed by atoms with Gasteiger partial charge in [0.2, 0.25) is 0 Å². The molecule has 1 fully saturated rings. The van der Waals surface area contributed by atoms with Crippen molar-refractivity contribution in [3.05, 3.63) is 23.9 Å². The van der Waals surface area contributed by atoms with Gasteiger partial charge in [-0.15, -0.1) is 0 Å². The fourth-order valence-electron chi connectivity index (χ4n) is 2.31. The van der Waals surface area contributed by atoms with E-state index in [0.29, 0.717) is 4.75 Å². The number of pyridine rings is 1. The van der Waals surface area contributed by atoms with Crippen LogP contribution in [0.5, 0.6) is 0 Å². The van der Waals surface area contributed by atoms with E-state index in [2.05, 4.69) is 53.8 Å². The molecule has 0 amide bonds. The third-order valence-corrected chi connectivity index (χ3v) is 4.46. The van der Waals surface area contributed by atoms with Gasteiger partial charge in [0, 0.05) is 41.9 Å². The molecule has 2 rings (SSSR count). The summed E-state index contributed by atoms with van der Waals surface area (Å²) in [5, 5.41) is 3.39. The minimum absolute atomic E-state index is 0.325. The molecular formula is C14H23N3S. The van der Waals surface area contributed by atoms with Crippen LogP contribution in [-0.2, 0) is 6.54 Å². The van der Waals surface area contributed by atoms with Crippen molar-refractivity contribution in [2.24, 2.45) is 0 Å². The number of nitrogens with one attached hydrogen (secondary N) is 1. The summed E-state index contributed by atoms with van der Waals surface area (Å²) in [6.07, 6.45) is 1.90. The predicted molar refractivity (Wildman–Crippen MR) is 80.4 cm³/mol. The summed E-state index contributed by atoms with van der Waals surface area (Å²) >= 11 is 2.06. The average Bonchev–Trinajstić information content (AvgIpc) is 2.35. The second kappa shape index (κ2) is 5.93. The fourth-order valence-corrected chi connectivity index (χ4v) is 3.42. The fraction of sp³-hybridized carbons (Fsp3) is 0.643. The normalized spacial score (nSPS) is 18.9. The maximum atomic E-state index is 4.60. The lowest BCUT2D eigenvalue weighted by Crippen LogP contribution is -2.44. The Morgan fingerprint density at radius 3 is 3.06 bits per heavy atom. The molecule has 1 N–H and O–H groups in total. The van der Waals surface area contributed by atoms with E-state index < -0.39 is 0 Å².